The molecule has 0 radical (unpaired) electrons. The van der Waals surface area contributed by atoms with Crippen LogP contribution in [-0.4, -0.2) is 9.97 Å². The number of para-hydroxylation sites is 9. The third-order valence-electron chi connectivity index (χ3n) is 12.3. The van der Waals surface area contributed by atoms with Crippen molar-refractivity contribution in [3.8, 4) is 34.3 Å². The maximum Gasteiger partial charge on any atom is 0.151 e. The van der Waals surface area contributed by atoms with Crippen LogP contribution in [0.25, 0.3) is 11.3 Å². The van der Waals surface area contributed by atoms with Crippen LogP contribution < -0.4 is 24.2 Å². The van der Waals surface area contributed by atoms with Crippen molar-refractivity contribution in [3.63, 3.8) is 0 Å². The molecular weight excluding hydrogens is 739 g/mol. The van der Waals surface area contributed by atoms with Crippen molar-refractivity contribution in [1.82, 2.24) is 9.97 Å². The molecule has 0 N–H and O–H groups in total. The molecule has 4 aliphatic rings. The maximum atomic E-state index is 6.49. The fourth-order valence-corrected chi connectivity index (χ4v) is 9.91. The predicted octanol–water partition coefficient (Wildman–Crippen LogP) is 13.8. The zero-order valence-corrected chi connectivity index (χ0v) is 32.1. The predicted molar refractivity (Wildman–Crippen MR) is 237 cm³/mol. The van der Waals surface area contributed by atoms with Crippen molar-refractivity contribution in [2.75, 3.05) is 14.7 Å². The summed E-state index contributed by atoms with van der Waals surface area (Å²) in [5.74, 6) is 3.21. The molecule has 3 aliphatic heterocycles. The number of aromatic nitrogens is 2. The Labute approximate surface area is 346 Å². The Kier molecular flexibility index (Phi) is 6.81. The van der Waals surface area contributed by atoms with Gasteiger partial charge in [-0.2, -0.15) is 0 Å². The number of rotatable bonds is 3. The van der Waals surface area contributed by atoms with Crippen LogP contribution in [0, 0.1) is 0 Å². The van der Waals surface area contributed by atoms with Crippen LogP contribution in [-0.2, 0) is 5.41 Å². The van der Waals surface area contributed by atoms with Crippen LogP contribution in [0.1, 0.15) is 22.4 Å². The lowest BCUT2D eigenvalue weighted by molar-refractivity contribution is 0.477. The quantitative estimate of drug-likeness (QED) is 0.177. The Morgan fingerprint density at radius 1 is 0.350 bits per heavy atom. The Hall–Kier alpha value is -8.16. The van der Waals surface area contributed by atoms with Gasteiger partial charge in [0.2, 0.25) is 0 Å². The molecule has 0 amide bonds. The summed E-state index contributed by atoms with van der Waals surface area (Å²) >= 11 is 0. The van der Waals surface area contributed by atoms with E-state index in [1.165, 1.54) is 0 Å². The van der Waals surface area contributed by atoms with Gasteiger partial charge >= 0.3 is 0 Å². The summed E-state index contributed by atoms with van der Waals surface area (Å²) in [7, 11) is 0. The van der Waals surface area contributed by atoms with E-state index in [9.17, 15) is 0 Å². The van der Waals surface area contributed by atoms with Crippen LogP contribution >= 0.6 is 0 Å². The molecule has 1 aliphatic carbocycles. The monoisotopic (exact) mass is 771 g/mol. The minimum Gasteiger partial charge on any atom is -0.453 e. The lowest BCUT2D eigenvalue weighted by atomic mass is 9.66. The van der Waals surface area contributed by atoms with E-state index in [4.69, 9.17) is 19.4 Å². The molecular formula is C53H33N5O2. The molecule has 9 aromatic rings. The van der Waals surface area contributed by atoms with E-state index < -0.39 is 5.41 Å². The first-order valence-electron chi connectivity index (χ1n) is 20.1. The number of nitrogens with zero attached hydrogens (tertiary/aromatic N) is 5. The Morgan fingerprint density at radius 2 is 0.783 bits per heavy atom. The molecule has 7 nitrogen and oxygen atoms in total. The number of benzene rings is 8. The standard InChI is InChI=1S/C53H33N5O2/c1-2-14-34(15-3-1)56-41-28-26-35(57-43-18-6-10-22-47(43)59-48-23-11-7-19-44(48)57)32-39(41)53(38-17-5-4-16-37(38)51-52(53)55-31-30-54-51)40-33-36(27-29-42(40)56)58-45-20-8-12-24-49(45)60-50-25-13-9-21-46(50)58/h1-33H. The number of anilines is 9. The first kappa shape index (κ1) is 32.9. The largest absolute Gasteiger partial charge is 0.453 e. The van der Waals surface area contributed by atoms with Crippen LogP contribution in [0.2, 0.25) is 0 Å². The normalized spacial score (nSPS) is 14.3. The topological polar surface area (TPSA) is 54.0 Å². The molecule has 13 rings (SSSR count). The second kappa shape index (κ2) is 12.4. The average Bonchev–Trinajstić information content (AvgIpc) is 3.61. The van der Waals surface area contributed by atoms with Gasteiger partial charge < -0.3 is 24.2 Å². The molecule has 60 heavy (non-hydrogen) atoms. The number of hydrogen-bond donors (Lipinski definition) is 0. The van der Waals surface area contributed by atoms with Crippen molar-refractivity contribution < 1.29 is 9.47 Å². The third-order valence-corrected chi connectivity index (χ3v) is 12.3. The Morgan fingerprint density at radius 3 is 1.32 bits per heavy atom. The van der Waals surface area contributed by atoms with Crippen molar-refractivity contribution >= 4 is 51.2 Å². The van der Waals surface area contributed by atoms with E-state index in [0.717, 1.165) is 108 Å². The number of ether oxygens (including phenoxy) is 2. The van der Waals surface area contributed by atoms with Crippen molar-refractivity contribution in [3.05, 3.63) is 223 Å². The highest BCUT2D eigenvalue weighted by atomic mass is 16.5. The van der Waals surface area contributed by atoms with Gasteiger partial charge in [-0.05, 0) is 114 Å². The molecule has 0 fully saturated rings. The summed E-state index contributed by atoms with van der Waals surface area (Å²) in [5.41, 5.74) is 14.4. The van der Waals surface area contributed by atoms with Crippen molar-refractivity contribution in [1.29, 1.82) is 0 Å². The fourth-order valence-electron chi connectivity index (χ4n) is 9.91. The maximum absolute atomic E-state index is 6.49. The summed E-state index contributed by atoms with van der Waals surface area (Å²) in [6, 6.07) is 66.2. The van der Waals surface area contributed by atoms with Crippen LogP contribution in [0.3, 0.4) is 0 Å². The molecule has 1 spiro atoms. The van der Waals surface area contributed by atoms with Gasteiger partial charge in [-0.3, -0.25) is 9.97 Å². The number of hydrogen-bond acceptors (Lipinski definition) is 7. The fraction of sp³-hybridized carbons (Fsp3) is 0.0189. The molecule has 0 saturated heterocycles. The molecule has 0 bridgehead atoms. The molecule has 4 heterocycles. The van der Waals surface area contributed by atoms with Crippen LogP contribution in [0.15, 0.2) is 200 Å². The summed E-state index contributed by atoms with van der Waals surface area (Å²) in [6.07, 6.45) is 3.65. The second-order valence-corrected chi connectivity index (χ2v) is 15.4. The highest BCUT2D eigenvalue weighted by Gasteiger charge is 2.54. The molecule has 7 heteroatoms. The van der Waals surface area contributed by atoms with Gasteiger partial charge in [0.25, 0.3) is 0 Å². The lowest BCUT2D eigenvalue weighted by Crippen LogP contribution is -2.37. The summed E-state index contributed by atoms with van der Waals surface area (Å²) in [6.45, 7) is 0. The smallest absolute Gasteiger partial charge is 0.151 e. The van der Waals surface area contributed by atoms with Gasteiger partial charge in [0, 0.05) is 35.0 Å². The van der Waals surface area contributed by atoms with E-state index in [1.54, 1.807) is 0 Å². The molecule has 0 unspecified atom stereocenters. The van der Waals surface area contributed by atoms with Gasteiger partial charge in [-0.25, -0.2) is 0 Å². The summed E-state index contributed by atoms with van der Waals surface area (Å²) in [5, 5.41) is 0. The zero-order chi connectivity index (χ0) is 39.4. The highest BCUT2D eigenvalue weighted by Crippen LogP contribution is 2.64. The molecule has 1 aromatic heterocycles. The Balaban J connectivity index is 1.15. The third kappa shape index (κ3) is 4.43. The van der Waals surface area contributed by atoms with Gasteiger partial charge in [0.1, 0.15) is 0 Å². The minimum atomic E-state index is -0.862. The average molecular weight is 772 g/mol. The van der Waals surface area contributed by atoms with E-state index in [1.807, 2.05) is 60.9 Å². The van der Waals surface area contributed by atoms with Gasteiger partial charge in [-0.1, -0.05) is 91.0 Å². The molecule has 282 valence electrons. The second-order valence-electron chi connectivity index (χ2n) is 15.4. The summed E-state index contributed by atoms with van der Waals surface area (Å²) < 4.78 is 13.0. The Bertz CT molecular complexity index is 2930. The van der Waals surface area contributed by atoms with Crippen LogP contribution in [0.4, 0.5) is 51.2 Å². The zero-order valence-electron chi connectivity index (χ0n) is 32.1. The first-order chi connectivity index (χ1) is 29.8. The SMILES string of the molecule is c1ccc(N2c3ccc(N4c5ccccc5Oc5ccccc54)cc3C3(c4ccccc4-c4nccnc43)c3cc(N4c5ccccc5Oc5ccccc54)ccc32)cc1. The van der Waals surface area contributed by atoms with E-state index >= 15 is 0 Å². The van der Waals surface area contributed by atoms with E-state index in [2.05, 4.69) is 154 Å². The lowest BCUT2D eigenvalue weighted by Gasteiger charge is -2.45. The van der Waals surface area contributed by atoms with Gasteiger partial charge in [0.05, 0.1) is 50.9 Å². The van der Waals surface area contributed by atoms with Crippen molar-refractivity contribution in [2.45, 2.75) is 5.41 Å². The van der Waals surface area contributed by atoms with Gasteiger partial charge in [0.15, 0.2) is 23.0 Å². The molecule has 0 saturated carbocycles. The van der Waals surface area contributed by atoms with Crippen molar-refractivity contribution in [2.24, 2.45) is 0 Å². The van der Waals surface area contributed by atoms with Crippen LogP contribution in [0.5, 0.6) is 23.0 Å². The number of fused-ring (bicyclic) bond motifs is 13. The highest BCUT2D eigenvalue weighted by molar-refractivity contribution is 5.98. The van der Waals surface area contributed by atoms with E-state index in [-0.39, 0.29) is 0 Å². The molecule has 8 aromatic carbocycles. The molecule has 0 atom stereocenters. The van der Waals surface area contributed by atoms with E-state index in [0.29, 0.717) is 0 Å². The van der Waals surface area contributed by atoms with Gasteiger partial charge in [-0.15, -0.1) is 0 Å². The summed E-state index contributed by atoms with van der Waals surface area (Å²) in [4.78, 5) is 17.5. The minimum absolute atomic E-state index is 0.804. The first-order valence-corrected chi connectivity index (χ1v) is 20.1.